The highest BCUT2D eigenvalue weighted by molar-refractivity contribution is 7.92. The Bertz CT molecular complexity index is 599. The van der Waals surface area contributed by atoms with Gasteiger partial charge in [-0.15, -0.1) is 0 Å². The summed E-state index contributed by atoms with van der Waals surface area (Å²) >= 11 is 0. The van der Waals surface area contributed by atoms with E-state index in [1.807, 2.05) is 0 Å². The molecule has 0 saturated heterocycles. The lowest BCUT2D eigenvalue weighted by molar-refractivity contribution is 0.575. The van der Waals surface area contributed by atoms with Crippen molar-refractivity contribution in [2.24, 2.45) is 5.73 Å². The Balaban J connectivity index is 3.21. The molecule has 0 fully saturated rings. The van der Waals surface area contributed by atoms with Gasteiger partial charge in [0, 0.05) is 12.8 Å². The van der Waals surface area contributed by atoms with Crippen molar-refractivity contribution in [2.45, 2.75) is 28.4 Å². The third kappa shape index (κ3) is 3.09. The van der Waals surface area contributed by atoms with Gasteiger partial charge >= 0.3 is 0 Å². The lowest BCUT2D eigenvalue weighted by atomic mass is 10.3. The van der Waals surface area contributed by atoms with Crippen molar-refractivity contribution >= 4 is 19.7 Å². The van der Waals surface area contributed by atoms with Crippen LogP contribution in [0.3, 0.4) is 0 Å². The first-order chi connectivity index (χ1) is 8.23. The van der Waals surface area contributed by atoms with Crippen molar-refractivity contribution in [3.05, 3.63) is 24.3 Å². The van der Waals surface area contributed by atoms with E-state index in [1.54, 1.807) is 6.92 Å². The molecule has 5 nitrogen and oxygen atoms in total. The monoisotopic (exact) mass is 291 g/mol. The maximum Gasteiger partial charge on any atom is 0.182 e. The van der Waals surface area contributed by atoms with E-state index in [1.165, 1.54) is 24.3 Å². The highest BCUT2D eigenvalue weighted by Crippen LogP contribution is 2.19. The van der Waals surface area contributed by atoms with Gasteiger partial charge in [0.1, 0.15) is 0 Å². The molecule has 0 bridgehead atoms. The average Bonchev–Trinajstić information content (AvgIpc) is 2.29. The molecule has 0 heterocycles. The maximum atomic E-state index is 12.1. The summed E-state index contributed by atoms with van der Waals surface area (Å²) in [7, 11) is -6.80. The van der Waals surface area contributed by atoms with Crippen LogP contribution >= 0.6 is 0 Å². The highest BCUT2D eigenvalue weighted by atomic mass is 32.2. The SMILES string of the molecule is CCC(CN)S(=O)(=O)c1ccc(S(C)(=O)=O)cc1. The van der Waals surface area contributed by atoms with Crippen LogP contribution in [0.25, 0.3) is 0 Å². The fourth-order valence-corrected chi connectivity index (χ4v) is 3.80. The van der Waals surface area contributed by atoms with E-state index in [2.05, 4.69) is 0 Å². The molecule has 18 heavy (non-hydrogen) atoms. The van der Waals surface area contributed by atoms with Gasteiger partial charge in [0.25, 0.3) is 0 Å². The van der Waals surface area contributed by atoms with Gasteiger partial charge < -0.3 is 5.73 Å². The molecule has 0 aliphatic carbocycles. The van der Waals surface area contributed by atoms with Gasteiger partial charge in [-0.25, -0.2) is 16.8 Å². The predicted molar refractivity (Wildman–Crippen MR) is 69.9 cm³/mol. The molecule has 0 aliphatic heterocycles. The van der Waals surface area contributed by atoms with Gasteiger partial charge in [0.05, 0.1) is 15.0 Å². The van der Waals surface area contributed by atoms with Crippen LogP contribution in [0.5, 0.6) is 0 Å². The Kier molecular flexibility index (Phi) is 4.52. The fourth-order valence-electron chi connectivity index (χ4n) is 1.58. The zero-order valence-corrected chi connectivity index (χ0v) is 12.0. The quantitative estimate of drug-likeness (QED) is 0.857. The molecule has 1 aromatic carbocycles. The third-order valence-electron chi connectivity index (χ3n) is 2.74. The van der Waals surface area contributed by atoms with Crippen LogP contribution in [-0.4, -0.2) is 34.9 Å². The second kappa shape index (κ2) is 5.38. The largest absolute Gasteiger partial charge is 0.329 e. The number of nitrogens with two attached hydrogens (primary N) is 1. The number of sulfone groups is 2. The van der Waals surface area contributed by atoms with E-state index in [0.717, 1.165) is 6.26 Å². The summed E-state index contributed by atoms with van der Waals surface area (Å²) in [5, 5.41) is -0.637. The predicted octanol–water partition coefficient (Wildman–Crippen LogP) is 0.601. The Morgan fingerprint density at radius 3 is 1.83 bits per heavy atom. The summed E-state index contributed by atoms with van der Waals surface area (Å²) in [6.45, 7) is 1.80. The molecule has 0 radical (unpaired) electrons. The van der Waals surface area contributed by atoms with Gasteiger partial charge in [-0.1, -0.05) is 6.92 Å². The van der Waals surface area contributed by atoms with Crippen LogP contribution in [0.2, 0.25) is 0 Å². The molecule has 0 spiro atoms. The van der Waals surface area contributed by atoms with Crippen molar-refractivity contribution in [1.82, 2.24) is 0 Å². The smallest absolute Gasteiger partial charge is 0.182 e. The summed E-state index contributed by atoms with van der Waals surface area (Å²) in [5.41, 5.74) is 5.43. The Labute approximate surface area is 108 Å². The van der Waals surface area contributed by atoms with E-state index in [-0.39, 0.29) is 16.3 Å². The lowest BCUT2D eigenvalue weighted by Crippen LogP contribution is -2.29. The van der Waals surface area contributed by atoms with Gasteiger partial charge in [-0.2, -0.15) is 0 Å². The molecule has 0 aromatic heterocycles. The molecule has 7 heteroatoms. The van der Waals surface area contributed by atoms with E-state index >= 15 is 0 Å². The standard InChI is InChI=1S/C11H17NO4S2/c1-3-9(8-12)18(15,16)11-6-4-10(5-7-11)17(2,13)14/h4-7,9H,3,8,12H2,1-2H3. The minimum atomic E-state index is -3.48. The highest BCUT2D eigenvalue weighted by Gasteiger charge is 2.24. The van der Waals surface area contributed by atoms with Crippen LogP contribution < -0.4 is 5.73 Å². The third-order valence-corrected chi connectivity index (χ3v) is 6.20. The minimum absolute atomic E-state index is 0.0483. The first-order valence-electron chi connectivity index (χ1n) is 5.47. The zero-order valence-electron chi connectivity index (χ0n) is 10.3. The van der Waals surface area contributed by atoms with Crippen LogP contribution in [0.15, 0.2) is 34.1 Å². The van der Waals surface area contributed by atoms with Crippen molar-refractivity contribution < 1.29 is 16.8 Å². The topological polar surface area (TPSA) is 94.3 Å². The van der Waals surface area contributed by atoms with Gasteiger partial charge in [-0.3, -0.25) is 0 Å². The van der Waals surface area contributed by atoms with Gasteiger partial charge in [0.15, 0.2) is 19.7 Å². The van der Waals surface area contributed by atoms with Crippen molar-refractivity contribution in [3.8, 4) is 0 Å². The number of rotatable bonds is 5. The first-order valence-corrected chi connectivity index (χ1v) is 8.91. The average molecular weight is 291 g/mol. The number of hydrogen-bond acceptors (Lipinski definition) is 5. The summed E-state index contributed by atoms with van der Waals surface area (Å²) in [4.78, 5) is 0.203. The van der Waals surface area contributed by atoms with E-state index in [9.17, 15) is 16.8 Å². The van der Waals surface area contributed by atoms with E-state index in [0.29, 0.717) is 6.42 Å². The molecule has 0 amide bonds. The number of benzene rings is 1. The van der Waals surface area contributed by atoms with Crippen LogP contribution in [-0.2, 0) is 19.7 Å². The van der Waals surface area contributed by atoms with E-state index < -0.39 is 24.9 Å². The summed E-state index contributed by atoms with van der Waals surface area (Å²) in [5.74, 6) is 0. The molecule has 0 saturated carbocycles. The van der Waals surface area contributed by atoms with Crippen molar-refractivity contribution in [1.29, 1.82) is 0 Å². The minimum Gasteiger partial charge on any atom is -0.329 e. The lowest BCUT2D eigenvalue weighted by Gasteiger charge is -2.13. The Morgan fingerprint density at radius 1 is 1.06 bits per heavy atom. The summed E-state index contributed by atoms with van der Waals surface area (Å²) in [6, 6.07) is 5.21. The van der Waals surface area contributed by atoms with Crippen LogP contribution in [0.4, 0.5) is 0 Å². The zero-order chi connectivity index (χ0) is 14.0. The molecular weight excluding hydrogens is 274 g/mol. The molecule has 1 atom stereocenters. The van der Waals surface area contributed by atoms with Crippen molar-refractivity contribution in [3.63, 3.8) is 0 Å². The Morgan fingerprint density at radius 2 is 1.50 bits per heavy atom. The van der Waals surface area contributed by atoms with Crippen LogP contribution in [0.1, 0.15) is 13.3 Å². The first kappa shape index (κ1) is 15.1. The molecule has 0 aliphatic rings. The molecule has 102 valence electrons. The van der Waals surface area contributed by atoms with Crippen molar-refractivity contribution in [2.75, 3.05) is 12.8 Å². The Hall–Kier alpha value is -0.920. The van der Waals surface area contributed by atoms with Crippen LogP contribution in [0, 0.1) is 0 Å². The molecular formula is C11H17NO4S2. The second-order valence-corrected chi connectivity index (χ2v) is 8.30. The van der Waals surface area contributed by atoms with E-state index in [4.69, 9.17) is 5.73 Å². The number of hydrogen-bond donors (Lipinski definition) is 1. The molecule has 1 unspecified atom stereocenters. The molecule has 2 N–H and O–H groups in total. The van der Waals surface area contributed by atoms with Gasteiger partial charge in [0.2, 0.25) is 0 Å². The fraction of sp³-hybridized carbons (Fsp3) is 0.455. The summed E-state index contributed by atoms with van der Waals surface area (Å²) < 4.78 is 46.8. The molecule has 1 rings (SSSR count). The maximum absolute atomic E-state index is 12.1. The van der Waals surface area contributed by atoms with Gasteiger partial charge in [-0.05, 0) is 30.7 Å². The normalized spacial score (nSPS) is 14.4. The second-order valence-electron chi connectivity index (χ2n) is 4.05. The summed E-state index contributed by atoms with van der Waals surface area (Å²) in [6.07, 6.45) is 1.50. The molecule has 1 aromatic rings.